The molecule has 3 N–H and O–H groups in total. The molecule has 2 rings (SSSR count). The van der Waals surface area contributed by atoms with E-state index in [0.717, 1.165) is 17.7 Å². The number of anilines is 1. The van der Waals surface area contributed by atoms with E-state index >= 15 is 0 Å². The number of carbonyl (C=O) groups is 1. The van der Waals surface area contributed by atoms with Crippen LogP contribution in [0, 0.1) is 0 Å². The van der Waals surface area contributed by atoms with Crippen LogP contribution in [0.15, 0.2) is 42.5 Å². The van der Waals surface area contributed by atoms with E-state index in [1.54, 1.807) is 0 Å². The van der Waals surface area contributed by atoms with Gasteiger partial charge in [-0.25, -0.2) is 4.79 Å². The van der Waals surface area contributed by atoms with Crippen LogP contribution in [-0.4, -0.2) is 74.1 Å². The van der Waals surface area contributed by atoms with E-state index in [4.69, 9.17) is 5.11 Å². The molecule has 0 heterocycles. The normalized spacial score (nSPS) is 10.8. The maximum absolute atomic E-state index is 12.4. The van der Waals surface area contributed by atoms with E-state index < -0.39 is 17.7 Å². The first-order valence-electron chi connectivity index (χ1n) is 6.73. The number of carboxylic acid groups (broad SMARTS) is 1. The van der Waals surface area contributed by atoms with E-state index in [0.29, 0.717) is 18.7 Å². The predicted octanol–water partition coefficient (Wildman–Crippen LogP) is 3.12. The summed E-state index contributed by atoms with van der Waals surface area (Å²) in [7, 11) is 0. The molecule has 0 aliphatic rings. The monoisotopic (exact) mass is 365 g/mol. The molecule has 0 saturated heterocycles. The molecule has 0 amide bonds. The fourth-order valence-electron chi connectivity index (χ4n) is 2.03. The van der Waals surface area contributed by atoms with Crippen LogP contribution < -0.4 is 5.32 Å². The molecule has 2 aromatic rings. The summed E-state index contributed by atoms with van der Waals surface area (Å²) in [4.78, 5) is 10.9. The van der Waals surface area contributed by atoms with Crippen molar-refractivity contribution < 1.29 is 28.2 Å². The second kappa shape index (κ2) is 8.86. The zero-order valence-corrected chi connectivity index (χ0v) is 11.9. The fourth-order valence-corrected chi connectivity index (χ4v) is 2.03. The van der Waals surface area contributed by atoms with Gasteiger partial charge in [0.2, 0.25) is 0 Å². The van der Waals surface area contributed by atoms with Gasteiger partial charge in [0.05, 0.1) is 5.56 Å². The van der Waals surface area contributed by atoms with Crippen molar-refractivity contribution >= 4 is 63.0 Å². The molecule has 0 fully saturated rings. The van der Waals surface area contributed by atoms with Crippen molar-refractivity contribution in [2.45, 2.75) is 12.6 Å². The first kappa shape index (κ1) is 21.0. The number of alkyl halides is 3. The molecule has 0 aliphatic heterocycles. The Morgan fingerprint density at radius 1 is 1.08 bits per heavy atom. The van der Waals surface area contributed by atoms with Crippen LogP contribution in [-0.2, 0) is 12.6 Å². The Morgan fingerprint density at radius 2 is 1.71 bits per heavy atom. The minimum absolute atomic E-state index is 0. The van der Waals surface area contributed by atoms with Gasteiger partial charge in [-0.05, 0) is 42.3 Å². The molecule has 8 heteroatoms. The Hall–Kier alpha value is -1.06. The van der Waals surface area contributed by atoms with Crippen LogP contribution in [0.2, 0.25) is 0 Å². The summed E-state index contributed by atoms with van der Waals surface area (Å²) in [5.41, 5.74) is 0.318. The van der Waals surface area contributed by atoms with Crippen LogP contribution in [0.5, 0.6) is 5.75 Å². The molecule has 0 aliphatic carbocycles. The molecule has 0 unspecified atom stereocenters. The van der Waals surface area contributed by atoms with Crippen molar-refractivity contribution in [3.05, 3.63) is 59.2 Å². The molecule has 24 heavy (non-hydrogen) atoms. The van der Waals surface area contributed by atoms with Gasteiger partial charge < -0.3 is 15.5 Å². The van der Waals surface area contributed by atoms with Gasteiger partial charge in [-0.1, -0.05) is 12.1 Å². The van der Waals surface area contributed by atoms with Gasteiger partial charge in [-0.3, -0.25) is 0 Å². The molecule has 0 spiro atoms. The summed E-state index contributed by atoms with van der Waals surface area (Å²) in [5.74, 6) is -1.57. The van der Waals surface area contributed by atoms with Crippen molar-refractivity contribution in [1.82, 2.24) is 0 Å². The van der Waals surface area contributed by atoms with Crippen molar-refractivity contribution in [3.8, 4) is 5.75 Å². The molecule has 0 bridgehead atoms. The number of aromatic hydroxyl groups is 1. The van der Waals surface area contributed by atoms with Crippen LogP contribution in [0.25, 0.3) is 0 Å². The second-order valence-electron chi connectivity index (χ2n) is 4.91. The summed E-state index contributed by atoms with van der Waals surface area (Å²) >= 11 is 0. The summed E-state index contributed by atoms with van der Waals surface area (Å²) in [6.45, 7) is 0.412. The van der Waals surface area contributed by atoms with Gasteiger partial charge in [0.25, 0.3) is 0 Å². The summed E-state index contributed by atoms with van der Waals surface area (Å²) in [6.07, 6.45) is -3.88. The summed E-state index contributed by atoms with van der Waals surface area (Å²) in [6, 6.07) is 8.95. The zero-order valence-electron chi connectivity index (χ0n) is 11.9. The van der Waals surface area contributed by atoms with E-state index in [-0.39, 0.29) is 62.7 Å². The van der Waals surface area contributed by atoms with Crippen LogP contribution in [0.3, 0.4) is 0 Å². The number of benzene rings is 2. The van der Waals surface area contributed by atoms with E-state index in [2.05, 4.69) is 5.32 Å². The van der Waals surface area contributed by atoms with Crippen molar-refractivity contribution in [2.75, 3.05) is 11.9 Å². The fraction of sp³-hybridized carbons (Fsp3) is 0.188. The number of carboxylic acids is 1. The molecule has 0 saturated carbocycles. The minimum atomic E-state index is -4.35. The Bertz CT molecular complexity index is 703. The second-order valence-corrected chi connectivity index (χ2v) is 4.91. The van der Waals surface area contributed by atoms with E-state index in [1.807, 2.05) is 0 Å². The van der Waals surface area contributed by atoms with Crippen molar-refractivity contribution in [3.63, 3.8) is 0 Å². The average Bonchev–Trinajstić information content (AvgIpc) is 2.48. The zero-order chi connectivity index (χ0) is 17.0. The van der Waals surface area contributed by atoms with Crippen LogP contribution >= 0.6 is 0 Å². The van der Waals surface area contributed by atoms with Gasteiger partial charge in [0.1, 0.15) is 11.3 Å². The maximum atomic E-state index is 12.4. The molecule has 124 valence electrons. The van der Waals surface area contributed by atoms with Gasteiger partial charge >= 0.3 is 63.5 Å². The molecule has 4 nitrogen and oxygen atoms in total. The average molecular weight is 365 g/mol. The molecular formula is C16H15F3KNO3. The van der Waals surface area contributed by atoms with Gasteiger partial charge in [0, 0.05) is 12.2 Å². The molecular weight excluding hydrogens is 350 g/mol. The topological polar surface area (TPSA) is 69.6 Å². The number of aromatic carboxylic acids is 1. The summed E-state index contributed by atoms with van der Waals surface area (Å²) in [5, 5.41) is 21.3. The Morgan fingerprint density at radius 3 is 2.25 bits per heavy atom. The van der Waals surface area contributed by atoms with E-state index in [1.165, 1.54) is 30.3 Å². The Labute approximate surface area is 179 Å². The third kappa shape index (κ3) is 5.78. The van der Waals surface area contributed by atoms with Crippen molar-refractivity contribution in [1.29, 1.82) is 0 Å². The Kier molecular flexibility index (Phi) is 7.75. The van der Waals surface area contributed by atoms with E-state index in [9.17, 15) is 23.1 Å². The predicted molar refractivity (Wildman–Crippen MR) is 85.9 cm³/mol. The Balaban J connectivity index is 0.00000288. The number of halogens is 3. The van der Waals surface area contributed by atoms with Crippen molar-refractivity contribution in [2.24, 2.45) is 0 Å². The molecule has 0 aromatic heterocycles. The summed E-state index contributed by atoms with van der Waals surface area (Å²) < 4.78 is 37.3. The number of rotatable bonds is 5. The molecule has 2 aromatic carbocycles. The van der Waals surface area contributed by atoms with Gasteiger partial charge in [-0.2, -0.15) is 13.2 Å². The van der Waals surface area contributed by atoms with Gasteiger partial charge in [-0.15, -0.1) is 0 Å². The molecule has 0 radical (unpaired) electrons. The van der Waals surface area contributed by atoms with Crippen LogP contribution in [0.1, 0.15) is 21.5 Å². The number of nitrogens with one attached hydrogen (secondary N) is 1. The van der Waals surface area contributed by atoms with Gasteiger partial charge in [0.15, 0.2) is 0 Å². The third-order valence-electron chi connectivity index (χ3n) is 3.25. The number of hydrogen-bond acceptors (Lipinski definition) is 3. The third-order valence-corrected chi connectivity index (χ3v) is 3.25. The quantitative estimate of drug-likeness (QED) is 0.563. The standard InChI is InChI=1S/C16H14F3NO3.K.H/c17-16(18,19)11-3-1-10(2-4-11)7-8-20-12-5-6-14(21)13(9-12)15(22)23;;/h1-6,9,20-21H,7-8H2,(H,22,23);;. The van der Waals surface area contributed by atoms with Crippen LogP contribution in [0.4, 0.5) is 18.9 Å². The number of phenols is 1. The molecule has 0 atom stereocenters. The first-order chi connectivity index (χ1) is 10.8. The first-order valence-corrected chi connectivity index (χ1v) is 6.73. The number of hydrogen-bond donors (Lipinski definition) is 3. The SMILES string of the molecule is O=C(O)c1cc(NCCc2ccc(C(F)(F)F)cc2)ccc1O.[KH].